The van der Waals surface area contributed by atoms with Crippen molar-refractivity contribution in [1.29, 1.82) is 0 Å². The van der Waals surface area contributed by atoms with Gasteiger partial charge < -0.3 is 9.80 Å². The Morgan fingerprint density at radius 1 is 1.10 bits per heavy atom. The third kappa shape index (κ3) is 5.26. The highest BCUT2D eigenvalue weighted by Gasteiger charge is 2.33. The van der Waals surface area contributed by atoms with E-state index in [1.54, 1.807) is 18.3 Å². The average Bonchev–Trinajstić information content (AvgIpc) is 2.66. The summed E-state index contributed by atoms with van der Waals surface area (Å²) < 4.78 is 66.6. The van der Waals surface area contributed by atoms with Crippen molar-refractivity contribution >= 4 is 15.8 Å². The molecule has 1 N–H and O–H groups in total. The molecule has 0 amide bonds. The van der Waals surface area contributed by atoms with Crippen molar-refractivity contribution < 1.29 is 21.6 Å². The summed E-state index contributed by atoms with van der Waals surface area (Å²) in [6.07, 6.45) is -3.01. The molecule has 3 rings (SSSR count). The van der Waals surface area contributed by atoms with Gasteiger partial charge in [-0.05, 0) is 49.4 Å². The lowest BCUT2D eigenvalue weighted by atomic mass is 10.1. The second kappa shape index (κ2) is 8.29. The van der Waals surface area contributed by atoms with Crippen LogP contribution in [0, 0.1) is 6.92 Å². The first-order chi connectivity index (χ1) is 13.6. The van der Waals surface area contributed by atoms with E-state index in [0.29, 0.717) is 11.6 Å². The number of rotatable bonds is 5. The van der Waals surface area contributed by atoms with E-state index in [9.17, 15) is 21.6 Å². The standard InChI is InChI=1S/C19H23F3N4O2S/c1-14-3-4-16(12-17(14)19(20,21)22)29(27,28)24-13-15-5-6-23-18(11-15)26-9-7-25(2)8-10-26/h3-6,11-12,24H,7-10,13H2,1-2H3. The van der Waals surface area contributed by atoms with Gasteiger partial charge in [0.05, 0.1) is 10.5 Å². The fourth-order valence-corrected chi connectivity index (χ4v) is 4.16. The van der Waals surface area contributed by atoms with Crippen molar-refractivity contribution in [2.75, 3.05) is 38.1 Å². The minimum atomic E-state index is -4.61. The third-order valence-corrected chi connectivity index (χ3v) is 6.33. The molecule has 1 fully saturated rings. The lowest BCUT2D eigenvalue weighted by Crippen LogP contribution is -2.44. The van der Waals surface area contributed by atoms with E-state index >= 15 is 0 Å². The maximum Gasteiger partial charge on any atom is 0.416 e. The van der Waals surface area contributed by atoms with Gasteiger partial charge in [-0.25, -0.2) is 18.1 Å². The first kappa shape index (κ1) is 21.5. The minimum absolute atomic E-state index is 0.0256. The Morgan fingerprint density at radius 3 is 2.45 bits per heavy atom. The van der Waals surface area contributed by atoms with Gasteiger partial charge >= 0.3 is 6.18 Å². The number of pyridine rings is 1. The van der Waals surface area contributed by atoms with Gasteiger partial charge in [-0.3, -0.25) is 0 Å². The summed E-state index contributed by atoms with van der Waals surface area (Å²) in [5, 5.41) is 0. The fraction of sp³-hybridized carbons (Fsp3) is 0.421. The van der Waals surface area contributed by atoms with Gasteiger partial charge in [0.2, 0.25) is 10.0 Å². The van der Waals surface area contributed by atoms with Crippen LogP contribution < -0.4 is 9.62 Å². The summed E-state index contributed by atoms with van der Waals surface area (Å²) >= 11 is 0. The molecule has 158 valence electrons. The number of likely N-dealkylation sites (N-methyl/N-ethyl adjacent to an activating group) is 1. The van der Waals surface area contributed by atoms with Crippen LogP contribution in [0.4, 0.5) is 19.0 Å². The van der Waals surface area contributed by atoms with Crippen molar-refractivity contribution in [3.63, 3.8) is 0 Å². The first-order valence-electron chi connectivity index (χ1n) is 9.12. The molecular formula is C19H23F3N4O2S. The topological polar surface area (TPSA) is 65.5 Å². The van der Waals surface area contributed by atoms with Crippen LogP contribution in [0.5, 0.6) is 0 Å². The quantitative estimate of drug-likeness (QED) is 0.793. The van der Waals surface area contributed by atoms with Crippen molar-refractivity contribution in [2.24, 2.45) is 0 Å². The van der Waals surface area contributed by atoms with Crippen LogP contribution in [-0.4, -0.2) is 51.5 Å². The summed E-state index contributed by atoms with van der Waals surface area (Å²) in [7, 11) is -2.05. The molecule has 0 unspecified atom stereocenters. The maximum absolute atomic E-state index is 13.1. The summed E-state index contributed by atoms with van der Waals surface area (Å²) in [6, 6.07) is 6.48. The summed E-state index contributed by atoms with van der Waals surface area (Å²) in [6.45, 7) is 4.72. The molecule has 1 aromatic carbocycles. The molecule has 0 radical (unpaired) electrons. The Kier molecular flexibility index (Phi) is 6.16. The molecule has 2 aromatic rings. The van der Waals surface area contributed by atoms with Gasteiger partial charge in [0.25, 0.3) is 0 Å². The molecule has 6 nitrogen and oxygen atoms in total. The Hall–Kier alpha value is -2.17. The van der Waals surface area contributed by atoms with Crippen LogP contribution >= 0.6 is 0 Å². The molecule has 0 bridgehead atoms. The zero-order chi connectivity index (χ0) is 21.2. The van der Waals surface area contributed by atoms with Crippen LogP contribution in [0.1, 0.15) is 16.7 Å². The number of sulfonamides is 1. The number of nitrogens with zero attached hydrogens (tertiary/aromatic N) is 3. The monoisotopic (exact) mass is 428 g/mol. The number of benzene rings is 1. The van der Waals surface area contributed by atoms with Gasteiger partial charge in [-0.2, -0.15) is 13.2 Å². The largest absolute Gasteiger partial charge is 0.416 e. The van der Waals surface area contributed by atoms with E-state index < -0.39 is 26.7 Å². The highest BCUT2D eigenvalue weighted by atomic mass is 32.2. The van der Waals surface area contributed by atoms with Gasteiger partial charge in [-0.1, -0.05) is 6.07 Å². The average molecular weight is 428 g/mol. The Labute approximate surface area is 168 Å². The molecule has 10 heteroatoms. The Bertz CT molecular complexity index is 972. The van der Waals surface area contributed by atoms with E-state index in [4.69, 9.17) is 0 Å². The smallest absolute Gasteiger partial charge is 0.354 e. The molecule has 0 saturated carbocycles. The lowest BCUT2D eigenvalue weighted by Gasteiger charge is -2.33. The molecule has 0 aliphatic carbocycles. The number of piperazine rings is 1. The lowest BCUT2D eigenvalue weighted by molar-refractivity contribution is -0.138. The number of halogens is 3. The molecule has 2 heterocycles. The molecule has 1 aliphatic heterocycles. The normalized spacial score (nSPS) is 16.2. The SMILES string of the molecule is Cc1ccc(S(=O)(=O)NCc2ccnc(N3CCN(C)CC3)c2)cc1C(F)(F)F. The highest BCUT2D eigenvalue weighted by molar-refractivity contribution is 7.89. The zero-order valence-corrected chi connectivity index (χ0v) is 17.0. The molecule has 1 saturated heterocycles. The van der Waals surface area contributed by atoms with Crippen molar-refractivity contribution in [3.05, 3.63) is 53.2 Å². The van der Waals surface area contributed by atoms with Crippen LogP contribution in [0.3, 0.4) is 0 Å². The predicted molar refractivity (Wildman–Crippen MR) is 104 cm³/mol. The zero-order valence-electron chi connectivity index (χ0n) is 16.2. The summed E-state index contributed by atoms with van der Waals surface area (Å²) in [4.78, 5) is 8.26. The van der Waals surface area contributed by atoms with E-state index in [0.717, 1.165) is 38.1 Å². The van der Waals surface area contributed by atoms with Gasteiger partial charge in [0.15, 0.2) is 0 Å². The molecule has 1 aliphatic rings. The second-order valence-corrected chi connectivity index (χ2v) is 8.88. The number of anilines is 1. The van der Waals surface area contributed by atoms with Gasteiger partial charge in [0, 0.05) is 38.9 Å². The summed E-state index contributed by atoms with van der Waals surface area (Å²) in [5.41, 5.74) is -0.301. The van der Waals surface area contributed by atoms with Crippen LogP contribution in [0.25, 0.3) is 0 Å². The van der Waals surface area contributed by atoms with Gasteiger partial charge in [-0.15, -0.1) is 0 Å². The molecule has 0 spiro atoms. The van der Waals surface area contributed by atoms with Crippen LogP contribution in [0.15, 0.2) is 41.4 Å². The van der Waals surface area contributed by atoms with Crippen molar-refractivity contribution in [1.82, 2.24) is 14.6 Å². The Morgan fingerprint density at radius 2 is 1.79 bits per heavy atom. The Balaban J connectivity index is 1.73. The van der Waals surface area contributed by atoms with E-state index in [-0.39, 0.29) is 12.1 Å². The van der Waals surface area contributed by atoms with E-state index in [2.05, 4.69) is 19.5 Å². The molecular weight excluding hydrogens is 405 g/mol. The van der Waals surface area contributed by atoms with Crippen LogP contribution in [0.2, 0.25) is 0 Å². The molecule has 0 atom stereocenters. The maximum atomic E-state index is 13.1. The minimum Gasteiger partial charge on any atom is -0.354 e. The highest BCUT2D eigenvalue weighted by Crippen LogP contribution is 2.33. The number of nitrogens with one attached hydrogen (secondary N) is 1. The van der Waals surface area contributed by atoms with Crippen molar-refractivity contribution in [2.45, 2.75) is 24.5 Å². The summed E-state index contributed by atoms with van der Waals surface area (Å²) in [5.74, 6) is 0.754. The van der Waals surface area contributed by atoms with E-state index in [1.807, 2.05) is 7.05 Å². The molecule has 1 aromatic heterocycles. The fourth-order valence-electron chi connectivity index (χ4n) is 3.11. The first-order valence-corrected chi connectivity index (χ1v) is 10.6. The number of hydrogen-bond donors (Lipinski definition) is 1. The van der Waals surface area contributed by atoms with E-state index in [1.165, 1.54) is 13.0 Å². The number of aryl methyl sites for hydroxylation is 1. The van der Waals surface area contributed by atoms with Gasteiger partial charge in [0.1, 0.15) is 5.82 Å². The van der Waals surface area contributed by atoms with Crippen molar-refractivity contribution in [3.8, 4) is 0 Å². The van der Waals surface area contributed by atoms with Crippen LogP contribution in [-0.2, 0) is 22.7 Å². The second-order valence-electron chi connectivity index (χ2n) is 7.11. The number of aromatic nitrogens is 1. The third-order valence-electron chi connectivity index (χ3n) is 4.93. The number of hydrogen-bond acceptors (Lipinski definition) is 5. The number of alkyl halides is 3. The molecule has 29 heavy (non-hydrogen) atoms. The predicted octanol–water partition coefficient (Wildman–Crippen LogP) is 2.64.